The molecule has 2 atom stereocenters. The van der Waals surface area contributed by atoms with Gasteiger partial charge in [-0.25, -0.2) is 0 Å². The van der Waals surface area contributed by atoms with Crippen LogP contribution in [0.2, 0.25) is 0 Å². The minimum atomic E-state index is -0.336. The number of esters is 1. The Kier molecular flexibility index (Phi) is 3.57. The summed E-state index contributed by atoms with van der Waals surface area (Å²) in [6.45, 7) is 8.00. The number of hydrogen-bond acceptors (Lipinski definition) is 2. The molecular weight excluding hydrogens is 176 g/mol. The van der Waals surface area contributed by atoms with Crippen LogP contribution in [0.4, 0.5) is 0 Å². The molecular formula is C12H22O2. The molecule has 82 valence electrons. The van der Waals surface area contributed by atoms with E-state index in [1.165, 1.54) is 12.8 Å². The van der Waals surface area contributed by atoms with Gasteiger partial charge in [-0.3, -0.25) is 4.79 Å². The van der Waals surface area contributed by atoms with Gasteiger partial charge in [-0.05, 0) is 39.5 Å². The van der Waals surface area contributed by atoms with Crippen molar-refractivity contribution < 1.29 is 9.53 Å². The van der Waals surface area contributed by atoms with Crippen molar-refractivity contribution in [3.8, 4) is 0 Å². The predicted molar refractivity (Wildman–Crippen MR) is 57.0 cm³/mol. The Morgan fingerprint density at radius 1 is 1.29 bits per heavy atom. The lowest BCUT2D eigenvalue weighted by Gasteiger charge is -2.28. The van der Waals surface area contributed by atoms with Crippen molar-refractivity contribution in [2.75, 3.05) is 0 Å². The van der Waals surface area contributed by atoms with E-state index in [2.05, 4.69) is 6.92 Å². The topological polar surface area (TPSA) is 26.3 Å². The van der Waals surface area contributed by atoms with Crippen molar-refractivity contribution in [1.29, 1.82) is 0 Å². The van der Waals surface area contributed by atoms with E-state index in [0.717, 1.165) is 12.8 Å². The van der Waals surface area contributed by atoms with E-state index in [0.29, 0.717) is 5.92 Å². The van der Waals surface area contributed by atoms with E-state index in [1.807, 2.05) is 20.8 Å². The van der Waals surface area contributed by atoms with Gasteiger partial charge in [-0.15, -0.1) is 0 Å². The third-order valence-corrected chi connectivity index (χ3v) is 2.68. The SMILES string of the molecule is CC1CCCC(C(=O)OC(C)(C)C)C1. The third kappa shape index (κ3) is 3.69. The molecule has 0 aliphatic heterocycles. The van der Waals surface area contributed by atoms with Gasteiger partial charge in [-0.1, -0.05) is 19.8 Å². The van der Waals surface area contributed by atoms with Crippen LogP contribution in [0.5, 0.6) is 0 Å². The maximum Gasteiger partial charge on any atom is 0.309 e. The molecule has 1 fully saturated rings. The lowest BCUT2D eigenvalue weighted by atomic mass is 9.82. The van der Waals surface area contributed by atoms with Gasteiger partial charge in [-0.2, -0.15) is 0 Å². The summed E-state index contributed by atoms with van der Waals surface area (Å²) >= 11 is 0. The second-order valence-corrected chi connectivity index (χ2v) is 5.50. The van der Waals surface area contributed by atoms with Crippen molar-refractivity contribution in [3.63, 3.8) is 0 Å². The molecule has 0 aromatic carbocycles. The molecule has 2 heteroatoms. The zero-order valence-corrected chi connectivity index (χ0v) is 9.80. The predicted octanol–water partition coefficient (Wildman–Crippen LogP) is 3.15. The monoisotopic (exact) mass is 198 g/mol. The minimum Gasteiger partial charge on any atom is -0.460 e. The molecule has 0 aromatic rings. The summed E-state index contributed by atoms with van der Waals surface area (Å²) in [6.07, 6.45) is 4.46. The van der Waals surface area contributed by atoms with Crippen LogP contribution in [-0.4, -0.2) is 11.6 Å². The van der Waals surface area contributed by atoms with E-state index in [4.69, 9.17) is 4.74 Å². The summed E-state index contributed by atoms with van der Waals surface area (Å²) in [6, 6.07) is 0. The smallest absolute Gasteiger partial charge is 0.309 e. The van der Waals surface area contributed by atoms with Gasteiger partial charge < -0.3 is 4.74 Å². The van der Waals surface area contributed by atoms with Gasteiger partial charge in [0.25, 0.3) is 0 Å². The van der Waals surface area contributed by atoms with Crippen LogP contribution in [0, 0.1) is 11.8 Å². The molecule has 1 aliphatic rings. The standard InChI is InChI=1S/C12H22O2/c1-9-6-5-7-10(8-9)11(13)14-12(2,3)4/h9-10H,5-8H2,1-4H3. The van der Waals surface area contributed by atoms with E-state index >= 15 is 0 Å². The molecule has 1 saturated carbocycles. The highest BCUT2D eigenvalue weighted by molar-refractivity contribution is 5.72. The summed E-state index contributed by atoms with van der Waals surface area (Å²) in [5.41, 5.74) is -0.336. The molecule has 0 saturated heterocycles. The lowest BCUT2D eigenvalue weighted by Crippen LogP contribution is -2.31. The minimum absolute atomic E-state index is 0.00375. The summed E-state index contributed by atoms with van der Waals surface area (Å²) in [7, 11) is 0. The molecule has 0 spiro atoms. The largest absolute Gasteiger partial charge is 0.460 e. The summed E-state index contributed by atoms with van der Waals surface area (Å²) in [4.78, 5) is 11.7. The number of carbonyl (C=O) groups excluding carboxylic acids is 1. The quantitative estimate of drug-likeness (QED) is 0.605. The zero-order chi connectivity index (χ0) is 10.8. The van der Waals surface area contributed by atoms with Gasteiger partial charge in [0.05, 0.1) is 5.92 Å². The molecule has 0 radical (unpaired) electrons. The summed E-state index contributed by atoms with van der Waals surface area (Å²) in [5, 5.41) is 0. The number of carbonyl (C=O) groups is 1. The number of hydrogen-bond donors (Lipinski definition) is 0. The highest BCUT2D eigenvalue weighted by atomic mass is 16.6. The Morgan fingerprint density at radius 3 is 2.43 bits per heavy atom. The number of ether oxygens (including phenoxy) is 1. The molecule has 0 amide bonds. The summed E-state index contributed by atoms with van der Waals surface area (Å²) in [5.74, 6) is 0.836. The zero-order valence-electron chi connectivity index (χ0n) is 9.80. The Bertz CT molecular complexity index is 203. The lowest BCUT2D eigenvalue weighted by molar-refractivity contribution is -0.161. The first-order chi connectivity index (χ1) is 6.38. The van der Waals surface area contributed by atoms with Crippen molar-refractivity contribution in [3.05, 3.63) is 0 Å². The Labute approximate surface area is 87.0 Å². The first-order valence-corrected chi connectivity index (χ1v) is 5.61. The van der Waals surface area contributed by atoms with Crippen molar-refractivity contribution in [2.45, 2.75) is 59.0 Å². The Balaban J connectivity index is 2.44. The van der Waals surface area contributed by atoms with E-state index in [9.17, 15) is 4.79 Å². The van der Waals surface area contributed by atoms with Gasteiger partial charge >= 0.3 is 5.97 Å². The molecule has 0 heterocycles. The van der Waals surface area contributed by atoms with Crippen LogP contribution >= 0.6 is 0 Å². The molecule has 2 unspecified atom stereocenters. The van der Waals surface area contributed by atoms with Crippen LogP contribution in [0.15, 0.2) is 0 Å². The van der Waals surface area contributed by atoms with Crippen LogP contribution in [0.1, 0.15) is 53.4 Å². The maximum absolute atomic E-state index is 11.7. The van der Waals surface area contributed by atoms with Gasteiger partial charge in [0.2, 0.25) is 0 Å². The molecule has 0 aromatic heterocycles. The van der Waals surface area contributed by atoms with Gasteiger partial charge in [0.15, 0.2) is 0 Å². The molecule has 1 rings (SSSR count). The van der Waals surface area contributed by atoms with Crippen molar-refractivity contribution in [1.82, 2.24) is 0 Å². The highest BCUT2D eigenvalue weighted by Crippen LogP contribution is 2.30. The average Bonchev–Trinajstić information content (AvgIpc) is 2.01. The summed E-state index contributed by atoms with van der Waals surface area (Å²) < 4.78 is 5.39. The molecule has 14 heavy (non-hydrogen) atoms. The van der Waals surface area contributed by atoms with Crippen LogP contribution in [0.25, 0.3) is 0 Å². The Hall–Kier alpha value is -0.530. The fourth-order valence-corrected chi connectivity index (χ4v) is 2.03. The van der Waals surface area contributed by atoms with Crippen LogP contribution in [0.3, 0.4) is 0 Å². The molecule has 1 aliphatic carbocycles. The van der Waals surface area contributed by atoms with Crippen LogP contribution < -0.4 is 0 Å². The normalized spacial score (nSPS) is 28.6. The second kappa shape index (κ2) is 4.33. The average molecular weight is 198 g/mol. The molecule has 0 N–H and O–H groups in total. The Morgan fingerprint density at radius 2 is 1.93 bits per heavy atom. The second-order valence-electron chi connectivity index (χ2n) is 5.50. The fourth-order valence-electron chi connectivity index (χ4n) is 2.03. The van der Waals surface area contributed by atoms with Gasteiger partial charge in [0.1, 0.15) is 5.60 Å². The van der Waals surface area contributed by atoms with Crippen molar-refractivity contribution in [2.24, 2.45) is 11.8 Å². The van der Waals surface area contributed by atoms with Crippen LogP contribution in [-0.2, 0) is 9.53 Å². The van der Waals surface area contributed by atoms with E-state index < -0.39 is 0 Å². The maximum atomic E-state index is 11.7. The first-order valence-electron chi connectivity index (χ1n) is 5.61. The van der Waals surface area contributed by atoms with Gasteiger partial charge in [0, 0.05) is 0 Å². The molecule has 0 bridgehead atoms. The molecule has 2 nitrogen and oxygen atoms in total. The highest BCUT2D eigenvalue weighted by Gasteiger charge is 2.28. The fraction of sp³-hybridized carbons (Fsp3) is 0.917. The van der Waals surface area contributed by atoms with E-state index in [1.54, 1.807) is 0 Å². The third-order valence-electron chi connectivity index (χ3n) is 2.68. The van der Waals surface area contributed by atoms with E-state index in [-0.39, 0.29) is 17.5 Å². The first kappa shape index (κ1) is 11.5. The van der Waals surface area contributed by atoms with Crippen molar-refractivity contribution >= 4 is 5.97 Å². The number of rotatable bonds is 1.